The van der Waals surface area contributed by atoms with Crippen LogP contribution < -0.4 is 5.73 Å². The van der Waals surface area contributed by atoms with Crippen molar-refractivity contribution in [1.29, 1.82) is 0 Å². The largest absolute Gasteiger partial charge is 0.416 e. The fourth-order valence-corrected chi connectivity index (χ4v) is 4.11. The van der Waals surface area contributed by atoms with Gasteiger partial charge < -0.3 is 5.73 Å². The molecule has 2 rings (SSSR count). The van der Waals surface area contributed by atoms with Crippen LogP contribution in [0.3, 0.4) is 0 Å². The molecule has 22 heavy (non-hydrogen) atoms. The normalized spacial score (nSPS) is 13.4. The summed E-state index contributed by atoms with van der Waals surface area (Å²) in [5.74, 6) is -0.0312. The Morgan fingerprint density at radius 1 is 1.32 bits per heavy atom. The first-order chi connectivity index (χ1) is 10.0. The molecule has 0 amide bonds. The highest BCUT2D eigenvalue weighted by Crippen LogP contribution is 2.39. The lowest BCUT2D eigenvalue weighted by atomic mass is 10.2. The van der Waals surface area contributed by atoms with E-state index in [0.717, 1.165) is 16.8 Å². The SMILES string of the molecule is CS(=O)c1c(Br)nn(-c2c(Cl)cc(C(F)(F)F)cc2Cl)c1N. The van der Waals surface area contributed by atoms with Gasteiger partial charge in [-0.05, 0) is 28.1 Å². The number of benzene rings is 1. The highest BCUT2D eigenvalue weighted by molar-refractivity contribution is 9.10. The Bertz CT molecular complexity index is 756. The summed E-state index contributed by atoms with van der Waals surface area (Å²) in [5.41, 5.74) is 4.82. The molecular formula is C11H7BrCl2F3N3OS. The van der Waals surface area contributed by atoms with Gasteiger partial charge in [-0.1, -0.05) is 23.2 Å². The van der Waals surface area contributed by atoms with E-state index < -0.39 is 22.5 Å². The highest BCUT2D eigenvalue weighted by atomic mass is 79.9. The summed E-state index contributed by atoms with van der Waals surface area (Å²) in [5, 5.41) is 3.42. The van der Waals surface area contributed by atoms with Crippen LogP contribution in [0, 0.1) is 0 Å². The van der Waals surface area contributed by atoms with Crippen molar-refractivity contribution in [3.63, 3.8) is 0 Å². The van der Waals surface area contributed by atoms with Gasteiger partial charge in [0.1, 0.15) is 21.0 Å². The second-order valence-corrected chi connectivity index (χ2v) is 7.04. The van der Waals surface area contributed by atoms with Crippen molar-refractivity contribution in [3.05, 3.63) is 32.3 Å². The molecule has 1 heterocycles. The Kier molecular flexibility index (Phi) is 4.82. The number of anilines is 1. The van der Waals surface area contributed by atoms with Gasteiger partial charge in [0.05, 0.1) is 26.4 Å². The summed E-state index contributed by atoms with van der Waals surface area (Å²) in [4.78, 5) is 0.201. The zero-order chi connectivity index (χ0) is 16.8. The number of hydrogen-bond donors (Lipinski definition) is 1. The average Bonchev–Trinajstić information content (AvgIpc) is 2.62. The van der Waals surface area contributed by atoms with Gasteiger partial charge in [-0.25, -0.2) is 4.68 Å². The van der Waals surface area contributed by atoms with Crippen molar-refractivity contribution in [3.8, 4) is 5.69 Å². The minimum Gasteiger partial charge on any atom is -0.383 e. The van der Waals surface area contributed by atoms with Crippen LogP contribution in [0.25, 0.3) is 5.69 Å². The molecular weight excluding hydrogens is 430 g/mol. The minimum atomic E-state index is -4.59. The van der Waals surface area contributed by atoms with Gasteiger partial charge >= 0.3 is 6.18 Å². The molecule has 0 spiro atoms. The topological polar surface area (TPSA) is 60.9 Å². The molecule has 1 aromatic carbocycles. The molecule has 0 bridgehead atoms. The molecule has 0 saturated heterocycles. The van der Waals surface area contributed by atoms with Gasteiger partial charge in [-0.15, -0.1) is 0 Å². The summed E-state index contributed by atoms with van der Waals surface area (Å²) in [6.07, 6.45) is -3.20. The molecule has 11 heteroatoms. The molecule has 0 radical (unpaired) electrons. The Hall–Kier alpha value is -0.770. The fourth-order valence-electron chi connectivity index (χ4n) is 1.76. The molecule has 2 N–H and O–H groups in total. The van der Waals surface area contributed by atoms with Crippen LogP contribution in [0.2, 0.25) is 10.0 Å². The smallest absolute Gasteiger partial charge is 0.383 e. The van der Waals surface area contributed by atoms with Crippen molar-refractivity contribution in [2.24, 2.45) is 0 Å². The van der Waals surface area contributed by atoms with Gasteiger partial charge in [0.25, 0.3) is 0 Å². The lowest BCUT2D eigenvalue weighted by Crippen LogP contribution is -2.09. The van der Waals surface area contributed by atoms with E-state index in [9.17, 15) is 17.4 Å². The Morgan fingerprint density at radius 3 is 2.18 bits per heavy atom. The molecule has 0 aliphatic rings. The van der Waals surface area contributed by atoms with Crippen molar-refractivity contribution in [2.75, 3.05) is 12.0 Å². The number of aromatic nitrogens is 2. The maximum Gasteiger partial charge on any atom is 0.416 e. The number of alkyl halides is 3. The third kappa shape index (κ3) is 3.12. The predicted molar refractivity (Wildman–Crippen MR) is 83.0 cm³/mol. The lowest BCUT2D eigenvalue weighted by Gasteiger charge is -2.13. The number of nitrogens with two attached hydrogens (primary N) is 1. The van der Waals surface area contributed by atoms with E-state index in [1.54, 1.807) is 0 Å². The van der Waals surface area contributed by atoms with Gasteiger partial charge in [0, 0.05) is 6.26 Å². The molecule has 2 aromatic rings. The summed E-state index contributed by atoms with van der Waals surface area (Å²) in [6, 6.07) is 1.45. The average molecular weight is 437 g/mol. The van der Waals surface area contributed by atoms with Crippen LogP contribution in [0.4, 0.5) is 19.0 Å². The first kappa shape index (κ1) is 17.6. The zero-order valence-electron chi connectivity index (χ0n) is 10.7. The molecule has 4 nitrogen and oxygen atoms in total. The first-order valence-electron chi connectivity index (χ1n) is 5.48. The Labute approximate surface area is 144 Å². The second-order valence-electron chi connectivity index (χ2n) is 4.16. The molecule has 120 valence electrons. The summed E-state index contributed by atoms with van der Waals surface area (Å²) in [7, 11) is -1.46. The van der Waals surface area contributed by atoms with E-state index in [1.165, 1.54) is 6.26 Å². The second kappa shape index (κ2) is 6.03. The minimum absolute atomic E-state index is 0.0220. The van der Waals surface area contributed by atoms with E-state index in [0.29, 0.717) is 0 Å². The summed E-state index contributed by atoms with van der Waals surface area (Å²) < 4.78 is 51.0. The van der Waals surface area contributed by atoms with E-state index in [-0.39, 0.29) is 31.0 Å². The molecule has 1 unspecified atom stereocenters. The molecule has 1 aromatic heterocycles. The number of nitrogens with zero attached hydrogens (tertiary/aromatic N) is 2. The highest BCUT2D eigenvalue weighted by Gasteiger charge is 2.32. The Balaban J connectivity index is 2.70. The van der Waals surface area contributed by atoms with Crippen LogP contribution in [0.1, 0.15) is 5.56 Å². The van der Waals surface area contributed by atoms with E-state index >= 15 is 0 Å². The van der Waals surface area contributed by atoms with E-state index in [1.807, 2.05) is 0 Å². The first-order valence-corrected chi connectivity index (χ1v) is 8.58. The Morgan fingerprint density at radius 2 is 1.82 bits per heavy atom. The van der Waals surface area contributed by atoms with Crippen LogP contribution in [-0.2, 0) is 17.0 Å². The number of nitrogen functional groups attached to an aromatic ring is 1. The van der Waals surface area contributed by atoms with Crippen molar-refractivity contribution in [1.82, 2.24) is 9.78 Å². The molecule has 0 aliphatic carbocycles. The molecule has 0 aliphatic heterocycles. The summed E-state index contributed by atoms with van der Waals surface area (Å²) in [6.45, 7) is 0. The summed E-state index contributed by atoms with van der Waals surface area (Å²) >= 11 is 14.9. The van der Waals surface area contributed by atoms with Gasteiger partial charge in [-0.2, -0.15) is 18.3 Å². The lowest BCUT2D eigenvalue weighted by molar-refractivity contribution is -0.137. The molecule has 1 atom stereocenters. The number of rotatable bonds is 2. The van der Waals surface area contributed by atoms with Crippen molar-refractivity contribution in [2.45, 2.75) is 11.1 Å². The molecule has 0 fully saturated rings. The van der Waals surface area contributed by atoms with Crippen LogP contribution in [0.5, 0.6) is 0 Å². The number of hydrogen-bond acceptors (Lipinski definition) is 3. The quantitative estimate of drug-likeness (QED) is 0.764. The monoisotopic (exact) mass is 435 g/mol. The van der Waals surface area contributed by atoms with Crippen molar-refractivity contribution >= 4 is 55.7 Å². The number of halogens is 6. The van der Waals surface area contributed by atoms with Gasteiger partial charge in [0.15, 0.2) is 0 Å². The fraction of sp³-hybridized carbons (Fsp3) is 0.182. The van der Waals surface area contributed by atoms with Gasteiger partial charge in [0.2, 0.25) is 0 Å². The van der Waals surface area contributed by atoms with E-state index in [2.05, 4.69) is 21.0 Å². The van der Waals surface area contributed by atoms with Crippen molar-refractivity contribution < 1.29 is 17.4 Å². The zero-order valence-corrected chi connectivity index (χ0v) is 14.6. The van der Waals surface area contributed by atoms with Crippen LogP contribution in [0.15, 0.2) is 21.6 Å². The third-order valence-corrected chi connectivity index (χ3v) is 5.05. The van der Waals surface area contributed by atoms with E-state index in [4.69, 9.17) is 28.9 Å². The standard InChI is InChI=1S/C11H7BrCl2F3N3OS/c1-22(21)8-9(12)19-20(10(8)18)7-5(13)2-4(3-6(7)14)11(15,16)17/h2-3H,18H2,1H3. The maximum atomic E-state index is 12.7. The third-order valence-electron chi connectivity index (χ3n) is 2.68. The maximum absolute atomic E-state index is 12.7. The van der Waals surface area contributed by atoms with Gasteiger partial charge in [-0.3, -0.25) is 4.21 Å². The van der Waals surface area contributed by atoms with Crippen LogP contribution >= 0.6 is 39.1 Å². The van der Waals surface area contributed by atoms with Crippen LogP contribution in [-0.4, -0.2) is 20.2 Å². The molecule has 0 saturated carbocycles. The predicted octanol–water partition coefficient (Wildman–Crippen LogP) is 4.28.